The molecule has 2 aromatic heterocycles. The smallest absolute Gasteiger partial charge is 0.254 e. The number of carbonyl (C=O) groups is 1. The molecule has 146 valence electrons. The second-order valence-corrected chi connectivity index (χ2v) is 7.93. The van der Waals surface area contributed by atoms with Crippen LogP contribution in [0.15, 0.2) is 42.6 Å². The van der Waals surface area contributed by atoms with Crippen molar-refractivity contribution in [3.8, 4) is 0 Å². The number of aromatic nitrogens is 3. The predicted molar refractivity (Wildman–Crippen MR) is 115 cm³/mol. The van der Waals surface area contributed by atoms with Gasteiger partial charge >= 0.3 is 0 Å². The monoisotopic (exact) mass is 385 g/mol. The molecule has 5 rings (SSSR count). The van der Waals surface area contributed by atoms with Crippen molar-refractivity contribution in [1.82, 2.24) is 19.7 Å². The lowest BCUT2D eigenvalue weighted by molar-refractivity contribution is 0.0731. The maximum absolute atomic E-state index is 13.3. The first kappa shape index (κ1) is 17.7. The van der Waals surface area contributed by atoms with Gasteiger partial charge in [-0.15, -0.1) is 0 Å². The average molecular weight is 385 g/mol. The van der Waals surface area contributed by atoms with Gasteiger partial charge in [0.1, 0.15) is 5.82 Å². The molecule has 1 amide bonds. The van der Waals surface area contributed by atoms with Crippen LogP contribution in [0.25, 0.3) is 21.8 Å². The van der Waals surface area contributed by atoms with Crippen molar-refractivity contribution < 1.29 is 4.79 Å². The van der Waals surface area contributed by atoms with Crippen molar-refractivity contribution in [3.63, 3.8) is 0 Å². The third kappa shape index (κ3) is 2.67. The topological polar surface area (TPSA) is 77.0 Å². The van der Waals surface area contributed by atoms with Gasteiger partial charge in [0.05, 0.1) is 28.7 Å². The Balaban J connectivity index is 1.56. The van der Waals surface area contributed by atoms with E-state index in [2.05, 4.69) is 35.2 Å². The lowest BCUT2D eigenvalue weighted by atomic mass is 10.0. The number of fused-ring (bicyclic) bond motifs is 4. The fraction of sp³-hybridized carbons (Fsp3) is 0.261. The van der Waals surface area contributed by atoms with Crippen LogP contribution < -0.4 is 5.73 Å². The maximum Gasteiger partial charge on any atom is 0.254 e. The van der Waals surface area contributed by atoms with Gasteiger partial charge in [-0.25, -0.2) is 4.98 Å². The zero-order valence-electron chi connectivity index (χ0n) is 16.8. The molecule has 0 aliphatic heterocycles. The van der Waals surface area contributed by atoms with Crippen LogP contribution in [0.5, 0.6) is 0 Å². The summed E-state index contributed by atoms with van der Waals surface area (Å²) in [5.74, 6) is 0.465. The molecule has 2 aromatic carbocycles. The van der Waals surface area contributed by atoms with Gasteiger partial charge in [-0.3, -0.25) is 9.48 Å². The Bertz CT molecular complexity index is 1290. The van der Waals surface area contributed by atoms with E-state index in [-0.39, 0.29) is 11.9 Å². The van der Waals surface area contributed by atoms with Crippen LogP contribution in [0, 0.1) is 6.92 Å². The Hall–Kier alpha value is -3.41. The van der Waals surface area contributed by atoms with Crippen LogP contribution in [-0.4, -0.2) is 32.6 Å². The van der Waals surface area contributed by atoms with E-state index in [1.54, 1.807) is 10.9 Å². The number of nitrogens with zero attached hydrogens (tertiary/aromatic N) is 4. The number of benzene rings is 2. The molecule has 6 nitrogen and oxygen atoms in total. The highest BCUT2D eigenvalue weighted by Crippen LogP contribution is 2.36. The molecule has 0 fully saturated rings. The largest absolute Gasteiger partial charge is 0.383 e. The molecule has 0 saturated carbocycles. The number of pyridine rings is 1. The highest BCUT2D eigenvalue weighted by atomic mass is 16.2. The van der Waals surface area contributed by atoms with Gasteiger partial charge in [-0.1, -0.05) is 23.8 Å². The van der Waals surface area contributed by atoms with E-state index in [9.17, 15) is 4.79 Å². The minimum Gasteiger partial charge on any atom is -0.383 e. The molecule has 1 atom stereocenters. The maximum atomic E-state index is 13.3. The predicted octanol–water partition coefficient (Wildman–Crippen LogP) is 3.77. The Kier molecular flexibility index (Phi) is 3.84. The highest BCUT2D eigenvalue weighted by Gasteiger charge is 2.29. The normalized spacial score (nSPS) is 15.8. The van der Waals surface area contributed by atoms with Crippen LogP contribution >= 0.6 is 0 Å². The number of carbonyl (C=O) groups excluding carboxylic acids is 1. The first-order valence-electron chi connectivity index (χ1n) is 9.81. The van der Waals surface area contributed by atoms with Crippen LogP contribution in [0.3, 0.4) is 0 Å². The van der Waals surface area contributed by atoms with Crippen molar-refractivity contribution in [2.75, 3.05) is 12.8 Å². The van der Waals surface area contributed by atoms with Crippen LogP contribution in [0.4, 0.5) is 5.82 Å². The summed E-state index contributed by atoms with van der Waals surface area (Å²) in [6.45, 7) is 2.11. The summed E-state index contributed by atoms with van der Waals surface area (Å²) in [6.07, 6.45) is 3.68. The molecular formula is C23H23N5O. The number of rotatable bonds is 2. The summed E-state index contributed by atoms with van der Waals surface area (Å²) in [7, 11) is 3.77. The number of aryl methyl sites for hydroxylation is 3. The summed E-state index contributed by atoms with van der Waals surface area (Å²) < 4.78 is 1.78. The Morgan fingerprint density at radius 1 is 1.21 bits per heavy atom. The molecule has 0 saturated heterocycles. The molecule has 2 N–H and O–H groups in total. The molecule has 0 spiro atoms. The first-order valence-corrected chi connectivity index (χ1v) is 9.81. The molecule has 1 aliphatic carbocycles. The third-order valence-corrected chi connectivity index (χ3v) is 6.09. The number of nitrogens with two attached hydrogens (primary N) is 1. The SMILES string of the molecule is Cc1ccc2c(c1)CC[C@H]2N(C)C(=O)c1ccc2nc(N)c3cnn(C)c3c2c1. The van der Waals surface area contributed by atoms with E-state index in [4.69, 9.17) is 5.73 Å². The summed E-state index contributed by atoms with van der Waals surface area (Å²) in [5, 5.41) is 6.00. The minimum absolute atomic E-state index is 0.0115. The highest BCUT2D eigenvalue weighted by molar-refractivity contribution is 6.10. The van der Waals surface area contributed by atoms with Crippen molar-refractivity contribution >= 4 is 33.5 Å². The Labute approximate surface area is 168 Å². The van der Waals surface area contributed by atoms with E-state index in [1.807, 2.05) is 37.2 Å². The van der Waals surface area contributed by atoms with Crippen molar-refractivity contribution in [3.05, 3.63) is 64.8 Å². The number of hydrogen-bond acceptors (Lipinski definition) is 4. The molecule has 1 aliphatic rings. The third-order valence-electron chi connectivity index (χ3n) is 6.09. The number of hydrogen-bond donors (Lipinski definition) is 1. The molecule has 0 radical (unpaired) electrons. The van der Waals surface area contributed by atoms with E-state index >= 15 is 0 Å². The molecule has 2 heterocycles. The summed E-state index contributed by atoms with van der Waals surface area (Å²) in [6, 6.07) is 12.2. The van der Waals surface area contributed by atoms with E-state index in [1.165, 1.54) is 16.7 Å². The second-order valence-electron chi connectivity index (χ2n) is 7.93. The van der Waals surface area contributed by atoms with Gasteiger partial charge < -0.3 is 10.6 Å². The minimum atomic E-state index is 0.0115. The van der Waals surface area contributed by atoms with E-state index in [0.29, 0.717) is 11.4 Å². The molecule has 0 unspecified atom stereocenters. The zero-order valence-corrected chi connectivity index (χ0v) is 16.8. The van der Waals surface area contributed by atoms with Gasteiger partial charge in [0, 0.05) is 25.0 Å². The average Bonchev–Trinajstić information content (AvgIpc) is 3.30. The van der Waals surface area contributed by atoms with Gasteiger partial charge in [-0.05, 0) is 49.1 Å². The van der Waals surface area contributed by atoms with Crippen LogP contribution in [0.2, 0.25) is 0 Å². The van der Waals surface area contributed by atoms with Crippen molar-refractivity contribution in [2.24, 2.45) is 7.05 Å². The standard InChI is InChI=1S/C23H23N5O/c1-13-4-7-16-14(10-13)6-9-20(16)27(2)23(29)15-5-8-19-17(11-15)21-18(22(24)26-19)12-25-28(21)3/h4-5,7-8,10-12,20H,6,9H2,1-3H3,(H2,24,26)/t20-/m1/s1. The molecule has 29 heavy (non-hydrogen) atoms. The van der Waals surface area contributed by atoms with Gasteiger partial charge in [0.2, 0.25) is 0 Å². The van der Waals surface area contributed by atoms with E-state index < -0.39 is 0 Å². The quantitative estimate of drug-likeness (QED) is 0.570. The van der Waals surface area contributed by atoms with Gasteiger partial charge in [-0.2, -0.15) is 5.10 Å². The first-order chi connectivity index (χ1) is 13.9. The van der Waals surface area contributed by atoms with Crippen LogP contribution in [-0.2, 0) is 13.5 Å². The molecular weight excluding hydrogens is 362 g/mol. The van der Waals surface area contributed by atoms with Crippen LogP contribution in [0.1, 0.15) is 39.5 Å². The molecule has 6 heteroatoms. The second kappa shape index (κ2) is 6.30. The zero-order chi connectivity index (χ0) is 20.3. The Morgan fingerprint density at radius 3 is 2.86 bits per heavy atom. The lowest BCUT2D eigenvalue weighted by Gasteiger charge is -2.26. The van der Waals surface area contributed by atoms with Gasteiger partial charge in [0.25, 0.3) is 5.91 Å². The number of amides is 1. The fourth-order valence-electron chi connectivity index (χ4n) is 4.56. The lowest BCUT2D eigenvalue weighted by Crippen LogP contribution is -2.30. The van der Waals surface area contributed by atoms with Gasteiger partial charge in [0.15, 0.2) is 0 Å². The summed E-state index contributed by atoms with van der Waals surface area (Å²) in [4.78, 5) is 19.7. The number of anilines is 1. The summed E-state index contributed by atoms with van der Waals surface area (Å²) in [5.41, 5.74) is 12.3. The van der Waals surface area contributed by atoms with Crippen molar-refractivity contribution in [2.45, 2.75) is 25.8 Å². The Morgan fingerprint density at radius 2 is 2.03 bits per heavy atom. The number of nitrogen functional groups attached to an aromatic ring is 1. The molecule has 0 bridgehead atoms. The fourth-order valence-corrected chi connectivity index (χ4v) is 4.56. The van der Waals surface area contributed by atoms with Crippen molar-refractivity contribution in [1.29, 1.82) is 0 Å². The van der Waals surface area contributed by atoms with E-state index in [0.717, 1.165) is 34.6 Å². The summed E-state index contributed by atoms with van der Waals surface area (Å²) >= 11 is 0. The molecule has 4 aromatic rings.